The van der Waals surface area contributed by atoms with Gasteiger partial charge in [-0.1, -0.05) is 13.8 Å². The second-order valence-corrected chi connectivity index (χ2v) is 5.24. The van der Waals surface area contributed by atoms with Gasteiger partial charge in [0.1, 0.15) is 0 Å². The maximum atomic E-state index is 6.06. The smallest absolute Gasteiger partial charge is 0.0731 e. The molecular formula is C13H26N2O. The zero-order valence-corrected chi connectivity index (χ0v) is 10.7. The molecule has 1 aliphatic heterocycles. The number of fused-ring (bicyclic) bond motifs is 1. The Kier molecular flexibility index (Phi) is 3.88. The van der Waals surface area contributed by atoms with Crippen molar-refractivity contribution in [2.24, 2.45) is 5.73 Å². The van der Waals surface area contributed by atoms with E-state index in [1.807, 2.05) is 0 Å². The number of rotatable bonds is 4. The van der Waals surface area contributed by atoms with Gasteiger partial charge in [0.15, 0.2) is 0 Å². The van der Waals surface area contributed by atoms with Crippen molar-refractivity contribution < 1.29 is 4.74 Å². The molecule has 2 rings (SSSR count). The summed E-state index contributed by atoms with van der Waals surface area (Å²) in [5.74, 6) is 0. The van der Waals surface area contributed by atoms with Gasteiger partial charge in [0, 0.05) is 24.7 Å². The molecule has 1 aliphatic carbocycles. The Morgan fingerprint density at radius 1 is 1.31 bits per heavy atom. The van der Waals surface area contributed by atoms with Crippen molar-refractivity contribution in [1.29, 1.82) is 0 Å². The van der Waals surface area contributed by atoms with Crippen LogP contribution in [0.2, 0.25) is 0 Å². The van der Waals surface area contributed by atoms with E-state index >= 15 is 0 Å². The molecule has 2 atom stereocenters. The van der Waals surface area contributed by atoms with Crippen molar-refractivity contribution in [2.75, 3.05) is 19.7 Å². The summed E-state index contributed by atoms with van der Waals surface area (Å²) in [7, 11) is 0. The maximum Gasteiger partial charge on any atom is 0.0731 e. The Hall–Kier alpha value is -0.120. The van der Waals surface area contributed by atoms with Gasteiger partial charge in [0.25, 0.3) is 0 Å². The summed E-state index contributed by atoms with van der Waals surface area (Å²) < 4.78 is 5.88. The third-order valence-corrected chi connectivity index (χ3v) is 4.79. The molecule has 3 nitrogen and oxygen atoms in total. The molecule has 2 N–H and O–H groups in total. The lowest BCUT2D eigenvalue weighted by Gasteiger charge is -2.50. The lowest BCUT2D eigenvalue weighted by molar-refractivity contribution is -0.0995. The van der Waals surface area contributed by atoms with Crippen molar-refractivity contribution in [2.45, 2.75) is 63.6 Å². The fourth-order valence-corrected chi connectivity index (χ4v) is 3.58. The summed E-state index contributed by atoms with van der Waals surface area (Å²) in [5, 5.41) is 0. The summed E-state index contributed by atoms with van der Waals surface area (Å²) >= 11 is 0. The summed E-state index contributed by atoms with van der Waals surface area (Å²) in [6.45, 7) is 7.29. The van der Waals surface area contributed by atoms with Gasteiger partial charge >= 0.3 is 0 Å². The summed E-state index contributed by atoms with van der Waals surface area (Å²) in [4.78, 5) is 2.67. The van der Waals surface area contributed by atoms with Gasteiger partial charge in [-0.3, -0.25) is 4.90 Å². The Labute approximate surface area is 99.3 Å². The van der Waals surface area contributed by atoms with Crippen molar-refractivity contribution in [1.82, 2.24) is 4.90 Å². The van der Waals surface area contributed by atoms with Crippen LogP contribution in [0.15, 0.2) is 0 Å². The van der Waals surface area contributed by atoms with Gasteiger partial charge in [-0.15, -0.1) is 0 Å². The standard InChI is InChI=1S/C13H26N2O/c1-3-13(4-2,10-14)15-8-9-16-12-7-5-6-11(12)15/h11-12H,3-10,14H2,1-2H3. The van der Waals surface area contributed by atoms with E-state index in [0.29, 0.717) is 12.1 Å². The van der Waals surface area contributed by atoms with Crippen molar-refractivity contribution >= 4 is 0 Å². The first-order chi connectivity index (χ1) is 7.77. The van der Waals surface area contributed by atoms with Crippen LogP contribution in [-0.2, 0) is 4.74 Å². The van der Waals surface area contributed by atoms with Gasteiger partial charge in [-0.2, -0.15) is 0 Å². The Balaban J connectivity index is 2.16. The molecule has 0 radical (unpaired) electrons. The number of ether oxygens (including phenoxy) is 1. The predicted octanol–water partition coefficient (Wildman–Crippen LogP) is 1.76. The van der Waals surface area contributed by atoms with Gasteiger partial charge in [-0.05, 0) is 32.1 Å². The fraction of sp³-hybridized carbons (Fsp3) is 1.00. The van der Waals surface area contributed by atoms with E-state index in [-0.39, 0.29) is 5.54 Å². The molecule has 2 aliphatic rings. The second-order valence-electron chi connectivity index (χ2n) is 5.24. The first-order valence-corrected chi connectivity index (χ1v) is 6.86. The molecule has 1 saturated heterocycles. The molecule has 2 fully saturated rings. The van der Waals surface area contributed by atoms with Crippen LogP contribution in [0, 0.1) is 0 Å². The normalized spacial score (nSPS) is 31.7. The first kappa shape index (κ1) is 12.3. The highest BCUT2D eigenvalue weighted by molar-refractivity contribution is 4.99. The molecule has 1 heterocycles. The Morgan fingerprint density at radius 2 is 2.06 bits per heavy atom. The van der Waals surface area contributed by atoms with Crippen molar-refractivity contribution in [3.8, 4) is 0 Å². The molecule has 1 saturated carbocycles. The number of hydrogen-bond donors (Lipinski definition) is 1. The molecule has 16 heavy (non-hydrogen) atoms. The highest BCUT2D eigenvalue weighted by atomic mass is 16.5. The summed E-state index contributed by atoms with van der Waals surface area (Å²) in [6, 6.07) is 0.636. The van der Waals surface area contributed by atoms with Gasteiger partial charge < -0.3 is 10.5 Å². The van der Waals surface area contributed by atoms with E-state index in [9.17, 15) is 0 Å². The lowest BCUT2D eigenvalue weighted by atomic mass is 9.87. The second kappa shape index (κ2) is 5.03. The van der Waals surface area contributed by atoms with Crippen LogP contribution in [0.5, 0.6) is 0 Å². The molecule has 0 spiro atoms. The lowest BCUT2D eigenvalue weighted by Crippen LogP contribution is -2.62. The van der Waals surface area contributed by atoms with Crippen molar-refractivity contribution in [3.05, 3.63) is 0 Å². The van der Waals surface area contributed by atoms with Crippen molar-refractivity contribution in [3.63, 3.8) is 0 Å². The van der Waals surface area contributed by atoms with E-state index in [1.54, 1.807) is 0 Å². The van der Waals surface area contributed by atoms with Crippen LogP contribution in [0.4, 0.5) is 0 Å². The zero-order chi connectivity index (χ0) is 11.6. The van der Waals surface area contributed by atoms with Crippen LogP contribution >= 0.6 is 0 Å². The molecule has 0 aromatic carbocycles. The molecule has 2 unspecified atom stereocenters. The van der Waals surface area contributed by atoms with E-state index in [2.05, 4.69) is 18.7 Å². The predicted molar refractivity (Wildman–Crippen MR) is 66.5 cm³/mol. The van der Waals surface area contributed by atoms with E-state index in [0.717, 1.165) is 32.5 Å². The molecule has 3 heteroatoms. The van der Waals surface area contributed by atoms with Gasteiger partial charge in [0.05, 0.1) is 12.7 Å². The van der Waals surface area contributed by atoms with Crippen LogP contribution in [-0.4, -0.2) is 42.3 Å². The molecule has 0 amide bonds. The Morgan fingerprint density at radius 3 is 2.69 bits per heavy atom. The van der Waals surface area contributed by atoms with E-state index < -0.39 is 0 Å². The van der Waals surface area contributed by atoms with E-state index in [1.165, 1.54) is 19.3 Å². The van der Waals surface area contributed by atoms with Gasteiger partial charge in [-0.25, -0.2) is 0 Å². The monoisotopic (exact) mass is 226 g/mol. The largest absolute Gasteiger partial charge is 0.375 e. The topological polar surface area (TPSA) is 38.5 Å². The number of nitrogens with zero attached hydrogens (tertiary/aromatic N) is 1. The van der Waals surface area contributed by atoms with Crippen LogP contribution in [0.1, 0.15) is 46.0 Å². The highest BCUT2D eigenvalue weighted by Crippen LogP contribution is 2.36. The van der Waals surface area contributed by atoms with Crippen LogP contribution < -0.4 is 5.73 Å². The maximum absolute atomic E-state index is 6.06. The molecule has 0 aromatic rings. The third kappa shape index (κ3) is 1.89. The summed E-state index contributed by atoms with van der Waals surface area (Å²) in [5.41, 5.74) is 6.28. The van der Waals surface area contributed by atoms with E-state index in [4.69, 9.17) is 10.5 Å². The average Bonchev–Trinajstić information content (AvgIpc) is 2.81. The molecular weight excluding hydrogens is 200 g/mol. The average molecular weight is 226 g/mol. The quantitative estimate of drug-likeness (QED) is 0.794. The first-order valence-electron chi connectivity index (χ1n) is 6.86. The number of hydrogen-bond acceptors (Lipinski definition) is 3. The minimum atomic E-state index is 0.219. The SMILES string of the molecule is CCC(CC)(CN)N1CCOC2CCCC21. The fourth-order valence-electron chi connectivity index (χ4n) is 3.58. The molecule has 0 bridgehead atoms. The summed E-state index contributed by atoms with van der Waals surface area (Å²) in [6.07, 6.45) is 6.66. The van der Waals surface area contributed by atoms with Gasteiger partial charge in [0.2, 0.25) is 0 Å². The minimum Gasteiger partial charge on any atom is -0.375 e. The zero-order valence-electron chi connectivity index (χ0n) is 10.7. The third-order valence-electron chi connectivity index (χ3n) is 4.79. The Bertz CT molecular complexity index is 220. The molecule has 94 valence electrons. The number of nitrogens with two attached hydrogens (primary N) is 1. The minimum absolute atomic E-state index is 0.219. The number of morpholine rings is 1. The highest BCUT2D eigenvalue weighted by Gasteiger charge is 2.44. The van der Waals surface area contributed by atoms with Crippen LogP contribution in [0.3, 0.4) is 0 Å². The van der Waals surface area contributed by atoms with Crippen LogP contribution in [0.25, 0.3) is 0 Å². The molecule has 0 aromatic heterocycles.